The Kier molecular flexibility index (Phi) is 11.9. The predicted molar refractivity (Wildman–Crippen MR) is 218 cm³/mol. The number of pyridine rings is 1. The van der Waals surface area contributed by atoms with Crippen LogP contribution in [0.5, 0.6) is 0 Å². The van der Waals surface area contributed by atoms with Gasteiger partial charge in [-0.1, -0.05) is 65.7 Å². The molecule has 5 fully saturated rings. The Balaban J connectivity index is 0.000000210. The fraction of sp³-hybridized carbons (Fsp3) is 0.372. The molecular weight excluding hydrogens is 734 g/mol. The number of carbonyl (C=O) groups is 1. The van der Waals surface area contributed by atoms with Crippen LogP contribution < -0.4 is 22.3 Å². The predicted octanol–water partition coefficient (Wildman–Crippen LogP) is 8.53. The normalized spacial score (nSPS) is 20.0. The first-order valence-corrected chi connectivity index (χ1v) is 19.9. The molecule has 3 aliphatic heterocycles. The number of fused-ring (bicyclic) bond motifs is 4. The summed E-state index contributed by atoms with van der Waals surface area (Å²) in [4.78, 5) is 23.1. The molecule has 7 N–H and O–H groups in total. The Hall–Kier alpha value is -4.66. The van der Waals surface area contributed by atoms with Gasteiger partial charge in [0.2, 0.25) is 5.91 Å². The van der Waals surface area contributed by atoms with Crippen LogP contribution in [0.25, 0.3) is 32.9 Å². The van der Waals surface area contributed by atoms with E-state index < -0.39 is 5.82 Å². The first-order valence-electron chi connectivity index (χ1n) is 19.1. The number of H-pyrrole nitrogens is 1. The zero-order chi connectivity index (χ0) is 38.6. The molecular formula is C43H47Cl2FN8O. The Labute approximate surface area is 331 Å². The second-order valence-electron chi connectivity index (χ2n) is 15.0. The van der Waals surface area contributed by atoms with Crippen LogP contribution in [-0.2, 0) is 17.6 Å². The third kappa shape index (κ3) is 8.46. The van der Waals surface area contributed by atoms with Gasteiger partial charge >= 0.3 is 0 Å². The first kappa shape index (κ1) is 38.6. The number of aryl methyl sites for hydroxylation is 2. The molecule has 0 spiro atoms. The molecule has 0 radical (unpaired) electrons. The topological polar surface area (TPSA) is 149 Å². The minimum Gasteiger partial charge on any atom is -0.401 e. The lowest BCUT2D eigenvalue weighted by molar-refractivity contribution is -0.133. The standard InChI is InChI=1S/C29H25Cl2FN4O.C9H13N3.C5H9N/c1-15-19-14-22(23-8-4-12-36(23)29(37)16-9-10-16)35-27(19)20-13-17(5-3-11-33)24(26(32)28(20)34-15)18-6-2-7-21(30)25(18)31;10-9(7-12-11)6-8-4-2-1-3-5-8;1-4-2-5(1)6-3-4/h2,6-7,13-14,16,23,35H,3-5,8-10,12H2,1H3;1-5,7,12H,6,10-11H2;4-6H,1-3H2/b;9-7-;. The Bertz CT molecular complexity index is 2250. The monoisotopic (exact) mass is 780 g/mol. The smallest absolute Gasteiger partial charge is 0.226 e. The van der Waals surface area contributed by atoms with Crippen LogP contribution in [0.3, 0.4) is 0 Å². The molecule has 12 heteroatoms. The molecule has 5 aromatic rings. The van der Waals surface area contributed by atoms with Crippen molar-refractivity contribution in [3.8, 4) is 17.2 Å². The number of rotatable bonds is 8. The number of amides is 1. The van der Waals surface area contributed by atoms with Crippen molar-refractivity contribution >= 4 is 50.9 Å². The van der Waals surface area contributed by atoms with Crippen LogP contribution >= 0.6 is 23.2 Å². The van der Waals surface area contributed by atoms with E-state index in [9.17, 15) is 10.1 Å². The molecule has 2 bridgehead atoms. The molecule has 5 heterocycles. The maximum atomic E-state index is 16.3. The highest BCUT2D eigenvalue weighted by atomic mass is 35.5. The van der Waals surface area contributed by atoms with Gasteiger partial charge in [0.1, 0.15) is 5.52 Å². The van der Waals surface area contributed by atoms with E-state index in [0.717, 1.165) is 72.9 Å². The number of benzene rings is 3. The number of aromatic amines is 1. The lowest BCUT2D eigenvalue weighted by Gasteiger charge is -2.24. The third-order valence-electron chi connectivity index (χ3n) is 11.1. The summed E-state index contributed by atoms with van der Waals surface area (Å²) >= 11 is 12.8. The maximum absolute atomic E-state index is 16.3. The van der Waals surface area contributed by atoms with Crippen molar-refractivity contribution in [3.63, 3.8) is 0 Å². The van der Waals surface area contributed by atoms with Gasteiger partial charge in [-0.2, -0.15) is 5.26 Å². The van der Waals surface area contributed by atoms with Crippen molar-refractivity contribution in [2.45, 2.75) is 76.8 Å². The van der Waals surface area contributed by atoms with Crippen molar-refractivity contribution in [2.24, 2.45) is 23.4 Å². The number of aromatic nitrogens is 2. The van der Waals surface area contributed by atoms with Gasteiger partial charge in [0.15, 0.2) is 5.82 Å². The van der Waals surface area contributed by atoms with Crippen LogP contribution in [0.15, 0.2) is 72.6 Å². The largest absolute Gasteiger partial charge is 0.401 e. The zero-order valence-corrected chi connectivity index (χ0v) is 32.5. The first-order chi connectivity index (χ1) is 26.7. The summed E-state index contributed by atoms with van der Waals surface area (Å²) in [6, 6.07) is 22.2. The highest BCUT2D eigenvalue weighted by Crippen LogP contribution is 2.43. The lowest BCUT2D eigenvalue weighted by Crippen LogP contribution is -2.31. The minimum atomic E-state index is -0.484. The van der Waals surface area contributed by atoms with Gasteiger partial charge in [-0.05, 0) is 93.7 Å². The number of allylic oxidation sites excluding steroid dienone is 1. The maximum Gasteiger partial charge on any atom is 0.226 e. The molecule has 9 nitrogen and oxygen atoms in total. The summed E-state index contributed by atoms with van der Waals surface area (Å²) in [6.07, 6.45) is 9.67. The van der Waals surface area contributed by atoms with Crippen LogP contribution in [0.2, 0.25) is 10.0 Å². The molecule has 2 saturated carbocycles. The molecule has 5 aliphatic rings. The number of hydrazine groups is 1. The van der Waals surface area contributed by atoms with Crippen molar-refractivity contribution in [3.05, 3.63) is 111 Å². The lowest BCUT2D eigenvalue weighted by atomic mass is 9.87. The summed E-state index contributed by atoms with van der Waals surface area (Å²) in [5, 5.41) is 14.8. The number of hydrogen-bond acceptors (Lipinski definition) is 7. The summed E-state index contributed by atoms with van der Waals surface area (Å²) in [6.45, 7) is 3.95. The van der Waals surface area contributed by atoms with E-state index in [0.29, 0.717) is 39.2 Å². The van der Waals surface area contributed by atoms with Crippen LogP contribution in [0, 0.1) is 35.9 Å². The SMILES string of the molecule is C1NC2CC1C2.Cc1nc2c(F)c(-c3cccc(Cl)c3Cl)c(CCC#N)cc2c2[nH]c(C3CCCN3C(=O)C3CC3)cc12.NN/C=C(\N)Cc1ccccc1. The van der Waals surface area contributed by atoms with E-state index in [4.69, 9.17) is 34.8 Å². The number of nitrogens with zero attached hydrogens (tertiary/aromatic N) is 3. The minimum absolute atomic E-state index is 0.0117. The quantitative estimate of drug-likeness (QED) is 0.0783. The van der Waals surface area contributed by atoms with Crippen LogP contribution in [-0.4, -0.2) is 39.9 Å². The highest BCUT2D eigenvalue weighted by Gasteiger charge is 2.39. The van der Waals surface area contributed by atoms with Gasteiger partial charge < -0.3 is 26.4 Å². The highest BCUT2D eigenvalue weighted by molar-refractivity contribution is 6.43. The molecule has 1 amide bonds. The molecule has 2 aliphatic carbocycles. The molecule has 2 aromatic heterocycles. The molecule has 1 unspecified atom stereocenters. The van der Waals surface area contributed by atoms with E-state index in [2.05, 4.69) is 32.8 Å². The van der Waals surface area contributed by atoms with Gasteiger partial charge in [-0.3, -0.25) is 10.6 Å². The molecule has 3 aromatic carbocycles. The van der Waals surface area contributed by atoms with Gasteiger partial charge in [0, 0.05) is 76.5 Å². The summed E-state index contributed by atoms with van der Waals surface area (Å²) in [5.74, 6) is 6.08. The van der Waals surface area contributed by atoms with Gasteiger partial charge in [0.05, 0.1) is 27.7 Å². The Morgan fingerprint density at radius 2 is 1.89 bits per heavy atom. The van der Waals surface area contributed by atoms with E-state index in [1.165, 1.54) is 24.9 Å². The van der Waals surface area contributed by atoms with E-state index in [1.807, 2.05) is 48.2 Å². The summed E-state index contributed by atoms with van der Waals surface area (Å²) < 4.78 is 16.3. The second-order valence-corrected chi connectivity index (χ2v) is 15.8. The third-order valence-corrected chi connectivity index (χ3v) is 11.9. The van der Waals surface area contributed by atoms with E-state index in [-0.39, 0.29) is 34.8 Å². The fourth-order valence-corrected chi connectivity index (χ4v) is 8.45. The Morgan fingerprint density at radius 3 is 2.55 bits per heavy atom. The number of nitrogens with one attached hydrogen (secondary N) is 3. The summed E-state index contributed by atoms with van der Waals surface area (Å²) in [7, 11) is 0. The van der Waals surface area contributed by atoms with Gasteiger partial charge in [0.25, 0.3) is 0 Å². The van der Waals surface area contributed by atoms with Gasteiger partial charge in [-0.25, -0.2) is 9.37 Å². The fourth-order valence-electron chi connectivity index (χ4n) is 8.06. The van der Waals surface area contributed by atoms with Crippen LogP contribution in [0.4, 0.5) is 4.39 Å². The molecule has 55 heavy (non-hydrogen) atoms. The van der Waals surface area contributed by atoms with Crippen molar-refractivity contribution in [1.29, 1.82) is 5.26 Å². The zero-order valence-electron chi connectivity index (χ0n) is 31.0. The Morgan fingerprint density at radius 1 is 1.11 bits per heavy atom. The molecule has 1 atom stereocenters. The average molecular weight is 782 g/mol. The molecule has 10 rings (SSSR count). The summed E-state index contributed by atoms with van der Waals surface area (Å²) in [5.41, 5.74) is 14.1. The van der Waals surface area contributed by atoms with Gasteiger partial charge in [-0.15, -0.1) is 0 Å². The van der Waals surface area contributed by atoms with E-state index >= 15 is 4.39 Å². The number of nitriles is 1. The average Bonchev–Trinajstić information content (AvgIpc) is 3.56. The van der Waals surface area contributed by atoms with Crippen molar-refractivity contribution in [1.82, 2.24) is 25.6 Å². The van der Waals surface area contributed by atoms with Crippen LogP contribution in [0.1, 0.15) is 73.5 Å². The number of halogens is 3. The number of likely N-dealkylation sites (tertiary alicyclic amines) is 1. The number of carbonyl (C=O) groups excluding carboxylic acids is 1. The molecule has 3 saturated heterocycles. The number of hydrogen-bond donors (Lipinski definition) is 5. The molecule has 286 valence electrons. The van der Waals surface area contributed by atoms with E-state index in [1.54, 1.807) is 24.4 Å². The number of nitrogens with two attached hydrogens (primary N) is 2. The van der Waals surface area contributed by atoms with Crippen molar-refractivity contribution < 1.29 is 9.18 Å². The van der Waals surface area contributed by atoms with Crippen molar-refractivity contribution in [2.75, 3.05) is 13.1 Å². The second kappa shape index (κ2) is 17.0.